The van der Waals surface area contributed by atoms with Crippen LogP contribution in [0.1, 0.15) is 19.3 Å². The van der Waals surface area contributed by atoms with Gasteiger partial charge in [0.2, 0.25) is 0 Å². The highest BCUT2D eigenvalue weighted by atomic mass is 35.5. The highest BCUT2D eigenvalue weighted by molar-refractivity contribution is 6.29. The molecule has 3 rings (SSSR count). The number of nitrogens with zero attached hydrogens (tertiary/aromatic N) is 3. The third-order valence-electron chi connectivity index (χ3n) is 3.67. The molecule has 0 spiro atoms. The summed E-state index contributed by atoms with van der Waals surface area (Å²) in [5, 5.41) is 0.539. The lowest BCUT2D eigenvalue weighted by atomic mass is 10.0. The van der Waals surface area contributed by atoms with Crippen LogP contribution >= 0.6 is 11.6 Å². The van der Waals surface area contributed by atoms with Crippen molar-refractivity contribution in [2.75, 3.05) is 18.0 Å². The van der Waals surface area contributed by atoms with E-state index in [4.69, 9.17) is 11.6 Å². The summed E-state index contributed by atoms with van der Waals surface area (Å²) < 4.78 is 0. The molecule has 2 fully saturated rings. The summed E-state index contributed by atoms with van der Waals surface area (Å²) in [6.45, 7) is 2.30. The van der Waals surface area contributed by atoms with E-state index in [0.717, 1.165) is 30.7 Å². The van der Waals surface area contributed by atoms with Gasteiger partial charge < -0.3 is 4.90 Å². The zero-order chi connectivity index (χ0) is 10.3. The maximum absolute atomic E-state index is 5.87. The van der Waals surface area contributed by atoms with Gasteiger partial charge in [-0.1, -0.05) is 18.0 Å². The first kappa shape index (κ1) is 9.40. The van der Waals surface area contributed by atoms with Crippen molar-refractivity contribution in [3.05, 3.63) is 17.5 Å². The average molecular weight is 224 g/mol. The number of rotatable bonds is 1. The molecule has 1 saturated heterocycles. The van der Waals surface area contributed by atoms with Crippen LogP contribution < -0.4 is 4.90 Å². The van der Waals surface area contributed by atoms with Crippen molar-refractivity contribution in [1.82, 2.24) is 9.97 Å². The Kier molecular flexibility index (Phi) is 2.28. The lowest BCUT2D eigenvalue weighted by Crippen LogP contribution is -2.21. The Morgan fingerprint density at radius 2 is 1.93 bits per heavy atom. The van der Waals surface area contributed by atoms with Gasteiger partial charge in [0.15, 0.2) is 0 Å². The van der Waals surface area contributed by atoms with Crippen LogP contribution in [0.15, 0.2) is 12.4 Å². The zero-order valence-electron chi connectivity index (χ0n) is 8.56. The van der Waals surface area contributed by atoms with Crippen molar-refractivity contribution in [3.63, 3.8) is 0 Å². The van der Waals surface area contributed by atoms with Crippen molar-refractivity contribution < 1.29 is 0 Å². The van der Waals surface area contributed by atoms with Crippen LogP contribution in [-0.2, 0) is 0 Å². The minimum absolute atomic E-state index is 0.539. The first-order chi connectivity index (χ1) is 7.33. The molecule has 0 unspecified atom stereocenters. The van der Waals surface area contributed by atoms with E-state index >= 15 is 0 Å². The van der Waals surface area contributed by atoms with Crippen LogP contribution in [0.25, 0.3) is 0 Å². The first-order valence-electron chi connectivity index (χ1n) is 5.55. The molecule has 0 aromatic carbocycles. The van der Waals surface area contributed by atoms with Crippen molar-refractivity contribution in [1.29, 1.82) is 0 Å². The van der Waals surface area contributed by atoms with Gasteiger partial charge in [-0.2, -0.15) is 0 Å². The van der Waals surface area contributed by atoms with E-state index in [9.17, 15) is 0 Å². The van der Waals surface area contributed by atoms with Gasteiger partial charge in [-0.15, -0.1) is 0 Å². The normalized spacial score (nSPS) is 29.5. The molecule has 0 radical (unpaired) electrons. The van der Waals surface area contributed by atoms with Crippen molar-refractivity contribution in [2.45, 2.75) is 19.3 Å². The molecular formula is C11H14ClN3. The van der Waals surface area contributed by atoms with Crippen LogP contribution in [0.4, 0.5) is 5.82 Å². The van der Waals surface area contributed by atoms with E-state index in [1.54, 1.807) is 6.33 Å². The summed E-state index contributed by atoms with van der Waals surface area (Å²) in [6, 6.07) is 1.86. The third kappa shape index (κ3) is 1.69. The Bertz CT molecular complexity index is 357. The van der Waals surface area contributed by atoms with E-state index in [1.165, 1.54) is 19.3 Å². The molecule has 0 amide bonds. The van der Waals surface area contributed by atoms with Crippen LogP contribution in [0.3, 0.4) is 0 Å². The summed E-state index contributed by atoms with van der Waals surface area (Å²) in [7, 11) is 0. The van der Waals surface area contributed by atoms with Gasteiger partial charge in [0.1, 0.15) is 17.3 Å². The zero-order valence-corrected chi connectivity index (χ0v) is 9.32. The molecule has 0 bridgehead atoms. The molecule has 2 atom stereocenters. The molecule has 15 heavy (non-hydrogen) atoms. The van der Waals surface area contributed by atoms with Crippen molar-refractivity contribution >= 4 is 17.4 Å². The minimum atomic E-state index is 0.539. The molecule has 80 valence electrons. The van der Waals surface area contributed by atoms with Gasteiger partial charge in [-0.25, -0.2) is 9.97 Å². The molecule has 3 nitrogen and oxygen atoms in total. The van der Waals surface area contributed by atoms with E-state index in [0.29, 0.717) is 5.15 Å². The van der Waals surface area contributed by atoms with E-state index < -0.39 is 0 Å². The number of hydrogen-bond donors (Lipinski definition) is 0. The number of halogens is 1. The molecule has 2 heterocycles. The van der Waals surface area contributed by atoms with Crippen LogP contribution in [0, 0.1) is 11.8 Å². The van der Waals surface area contributed by atoms with Gasteiger partial charge in [0.05, 0.1) is 0 Å². The molecule has 2 aliphatic rings. The molecule has 4 heteroatoms. The van der Waals surface area contributed by atoms with Crippen molar-refractivity contribution in [2.24, 2.45) is 11.8 Å². The second kappa shape index (κ2) is 3.63. The highest BCUT2D eigenvalue weighted by Gasteiger charge is 2.36. The summed E-state index contributed by atoms with van der Waals surface area (Å²) in [4.78, 5) is 10.5. The maximum atomic E-state index is 5.87. The lowest BCUT2D eigenvalue weighted by Gasteiger charge is -2.17. The van der Waals surface area contributed by atoms with Crippen LogP contribution in [0.5, 0.6) is 0 Å². The van der Waals surface area contributed by atoms with E-state index in [1.807, 2.05) is 6.07 Å². The smallest absolute Gasteiger partial charge is 0.134 e. The quantitative estimate of drug-likeness (QED) is 0.685. The molecule has 1 aliphatic carbocycles. The third-order valence-corrected chi connectivity index (χ3v) is 3.88. The summed E-state index contributed by atoms with van der Waals surface area (Å²) in [5.41, 5.74) is 0. The molecule has 1 saturated carbocycles. The van der Waals surface area contributed by atoms with Gasteiger partial charge in [-0.05, 0) is 24.7 Å². The van der Waals surface area contributed by atoms with Crippen LogP contribution in [-0.4, -0.2) is 23.1 Å². The first-order valence-corrected chi connectivity index (χ1v) is 5.93. The summed E-state index contributed by atoms with van der Waals surface area (Å²) in [6.07, 6.45) is 5.74. The monoisotopic (exact) mass is 223 g/mol. The molecule has 1 aromatic heterocycles. The summed E-state index contributed by atoms with van der Waals surface area (Å²) in [5.74, 6) is 2.77. The Morgan fingerprint density at radius 1 is 1.20 bits per heavy atom. The number of hydrogen-bond acceptors (Lipinski definition) is 3. The molecular weight excluding hydrogens is 210 g/mol. The fraction of sp³-hybridized carbons (Fsp3) is 0.636. The summed E-state index contributed by atoms with van der Waals surface area (Å²) >= 11 is 5.87. The van der Waals surface area contributed by atoms with Crippen LogP contribution in [0.2, 0.25) is 5.15 Å². The SMILES string of the molecule is Clc1cc(N2C[C@@H]3CCC[C@H]3C2)ncn1. The second-order valence-electron chi connectivity index (χ2n) is 4.55. The van der Waals surface area contributed by atoms with Gasteiger partial charge >= 0.3 is 0 Å². The van der Waals surface area contributed by atoms with Gasteiger partial charge in [0.25, 0.3) is 0 Å². The topological polar surface area (TPSA) is 29.0 Å². The van der Waals surface area contributed by atoms with Gasteiger partial charge in [-0.3, -0.25) is 0 Å². The highest BCUT2D eigenvalue weighted by Crippen LogP contribution is 2.39. The second-order valence-corrected chi connectivity index (χ2v) is 4.94. The number of anilines is 1. The van der Waals surface area contributed by atoms with E-state index in [-0.39, 0.29) is 0 Å². The number of aromatic nitrogens is 2. The maximum Gasteiger partial charge on any atom is 0.134 e. The Hall–Kier alpha value is -0.830. The Balaban J connectivity index is 1.79. The number of fused-ring (bicyclic) bond motifs is 1. The Morgan fingerprint density at radius 3 is 2.60 bits per heavy atom. The largest absolute Gasteiger partial charge is 0.356 e. The predicted octanol–water partition coefficient (Wildman–Crippen LogP) is 2.37. The average Bonchev–Trinajstić information content (AvgIpc) is 2.76. The fourth-order valence-electron chi connectivity index (χ4n) is 2.92. The molecule has 1 aliphatic heterocycles. The van der Waals surface area contributed by atoms with Gasteiger partial charge in [0, 0.05) is 19.2 Å². The molecule has 0 N–H and O–H groups in total. The standard InChI is InChI=1S/C11H14ClN3/c12-10-4-11(14-7-13-10)15-5-8-2-1-3-9(8)6-15/h4,7-9H,1-3,5-6H2/t8-,9-/m0/s1. The lowest BCUT2D eigenvalue weighted by molar-refractivity contribution is 0.494. The predicted molar refractivity (Wildman–Crippen MR) is 60.1 cm³/mol. The molecule has 1 aromatic rings. The minimum Gasteiger partial charge on any atom is -0.356 e. The van der Waals surface area contributed by atoms with E-state index in [2.05, 4.69) is 14.9 Å². The Labute approximate surface area is 94.5 Å². The fourth-order valence-corrected chi connectivity index (χ4v) is 3.06. The van der Waals surface area contributed by atoms with Crippen molar-refractivity contribution in [3.8, 4) is 0 Å².